The van der Waals surface area contributed by atoms with Crippen LogP contribution in [0.3, 0.4) is 0 Å². The standard InChI is InChI=1S/C7H10N2O3/c1-9(2)4-5-3-8-6(12-5)7(10)11/h3H,4H2,1-2H3,(H,10,11). The van der Waals surface area contributed by atoms with E-state index in [9.17, 15) is 4.79 Å². The van der Waals surface area contributed by atoms with Crippen molar-refractivity contribution >= 4 is 5.97 Å². The quantitative estimate of drug-likeness (QED) is 0.712. The maximum absolute atomic E-state index is 10.3. The van der Waals surface area contributed by atoms with Crippen molar-refractivity contribution in [3.8, 4) is 0 Å². The van der Waals surface area contributed by atoms with Gasteiger partial charge in [-0.2, -0.15) is 0 Å². The third-order valence-corrected chi connectivity index (χ3v) is 1.21. The molecule has 0 aromatic carbocycles. The smallest absolute Gasteiger partial charge is 0.392 e. The van der Waals surface area contributed by atoms with E-state index in [1.54, 1.807) is 0 Å². The molecule has 1 rings (SSSR count). The van der Waals surface area contributed by atoms with Crippen LogP contribution in [-0.4, -0.2) is 35.1 Å². The zero-order valence-electron chi connectivity index (χ0n) is 6.94. The van der Waals surface area contributed by atoms with Gasteiger partial charge in [0.05, 0.1) is 12.7 Å². The first-order valence-corrected chi connectivity index (χ1v) is 3.42. The van der Waals surface area contributed by atoms with Crippen LogP contribution in [0.2, 0.25) is 0 Å². The molecule has 12 heavy (non-hydrogen) atoms. The fourth-order valence-corrected chi connectivity index (χ4v) is 0.791. The number of carboxylic acid groups (broad SMARTS) is 1. The molecule has 0 fully saturated rings. The highest BCUT2D eigenvalue weighted by atomic mass is 16.4. The molecule has 0 bridgehead atoms. The summed E-state index contributed by atoms with van der Waals surface area (Å²) in [5, 5.41) is 8.46. The van der Waals surface area contributed by atoms with E-state index in [0.29, 0.717) is 12.3 Å². The molecule has 0 atom stereocenters. The van der Waals surface area contributed by atoms with Crippen LogP contribution in [0.15, 0.2) is 10.6 Å². The van der Waals surface area contributed by atoms with Crippen molar-refractivity contribution in [2.75, 3.05) is 14.1 Å². The number of hydrogen-bond acceptors (Lipinski definition) is 4. The summed E-state index contributed by atoms with van der Waals surface area (Å²) in [6.07, 6.45) is 1.42. The lowest BCUT2D eigenvalue weighted by Gasteiger charge is -2.04. The Morgan fingerprint density at radius 1 is 1.75 bits per heavy atom. The summed E-state index contributed by atoms with van der Waals surface area (Å²) < 4.78 is 4.90. The number of carboxylic acids is 1. The number of rotatable bonds is 3. The minimum atomic E-state index is -1.14. The van der Waals surface area contributed by atoms with Crippen LogP contribution in [0, 0.1) is 0 Å². The molecule has 0 saturated carbocycles. The van der Waals surface area contributed by atoms with Gasteiger partial charge in [0.1, 0.15) is 5.76 Å². The normalized spacial score (nSPS) is 10.6. The van der Waals surface area contributed by atoms with Crippen molar-refractivity contribution in [2.24, 2.45) is 0 Å². The highest BCUT2D eigenvalue weighted by Crippen LogP contribution is 2.04. The minimum Gasteiger partial charge on any atom is -0.474 e. The Bertz CT molecular complexity index is 280. The maximum Gasteiger partial charge on any atom is 0.392 e. The van der Waals surface area contributed by atoms with E-state index in [0.717, 1.165) is 0 Å². The molecule has 0 radical (unpaired) electrons. The predicted octanol–water partition coefficient (Wildman–Crippen LogP) is 0.434. The topological polar surface area (TPSA) is 66.6 Å². The molecule has 66 valence electrons. The Morgan fingerprint density at radius 3 is 2.83 bits per heavy atom. The molecule has 5 heteroatoms. The summed E-state index contributed by atoms with van der Waals surface area (Å²) in [5.74, 6) is -0.843. The van der Waals surface area contributed by atoms with E-state index in [1.807, 2.05) is 19.0 Å². The van der Waals surface area contributed by atoms with E-state index >= 15 is 0 Å². The molecule has 1 aromatic rings. The fourth-order valence-electron chi connectivity index (χ4n) is 0.791. The number of carbonyl (C=O) groups is 1. The molecule has 0 aliphatic rings. The number of nitrogens with zero attached hydrogens (tertiary/aromatic N) is 2. The summed E-state index contributed by atoms with van der Waals surface area (Å²) >= 11 is 0. The first-order valence-electron chi connectivity index (χ1n) is 3.42. The maximum atomic E-state index is 10.3. The van der Waals surface area contributed by atoms with Crippen LogP contribution in [0.5, 0.6) is 0 Å². The molecule has 0 spiro atoms. The molecule has 0 aliphatic carbocycles. The third kappa shape index (κ3) is 2.06. The monoisotopic (exact) mass is 170 g/mol. The second-order valence-electron chi connectivity index (χ2n) is 2.67. The molecular formula is C7H10N2O3. The zero-order valence-corrected chi connectivity index (χ0v) is 6.94. The van der Waals surface area contributed by atoms with Crippen molar-refractivity contribution in [3.05, 3.63) is 17.8 Å². The Hall–Kier alpha value is -1.36. The van der Waals surface area contributed by atoms with Gasteiger partial charge in [0, 0.05) is 0 Å². The molecule has 1 N–H and O–H groups in total. The van der Waals surface area contributed by atoms with E-state index in [1.165, 1.54) is 6.20 Å². The summed E-state index contributed by atoms with van der Waals surface area (Å²) in [4.78, 5) is 15.8. The number of hydrogen-bond donors (Lipinski definition) is 1. The van der Waals surface area contributed by atoms with E-state index < -0.39 is 5.97 Å². The van der Waals surface area contributed by atoms with Gasteiger partial charge in [0.15, 0.2) is 0 Å². The lowest BCUT2D eigenvalue weighted by molar-refractivity contribution is 0.0650. The number of aromatic carboxylic acids is 1. The van der Waals surface area contributed by atoms with Gasteiger partial charge in [-0.25, -0.2) is 9.78 Å². The van der Waals surface area contributed by atoms with Gasteiger partial charge in [0.25, 0.3) is 0 Å². The Morgan fingerprint density at radius 2 is 2.42 bits per heavy atom. The van der Waals surface area contributed by atoms with Crippen LogP contribution >= 0.6 is 0 Å². The zero-order chi connectivity index (χ0) is 9.14. The van der Waals surface area contributed by atoms with Crippen molar-refractivity contribution < 1.29 is 14.3 Å². The van der Waals surface area contributed by atoms with Crippen molar-refractivity contribution in [2.45, 2.75) is 6.54 Å². The second kappa shape index (κ2) is 3.36. The van der Waals surface area contributed by atoms with Crippen molar-refractivity contribution in [1.29, 1.82) is 0 Å². The van der Waals surface area contributed by atoms with Crippen LogP contribution in [0.4, 0.5) is 0 Å². The largest absolute Gasteiger partial charge is 0.474 e. The van der Waals surface area contributed by atoms with Crippen LogP contribution in [-0.2, 0) is 6.54 Å². The Balaban J connectivity index is 2.71. The minimum absolute atomic E-state index is 0.258. The van der Waals surface area contributed by atoms with Crippen molar-refractivity contribution in [3.63, 3.8) is 0 Å². The van der Waals surface area contributed by atoms with Gasteiger partial charge in [0.2, 0.25) is 0 Å². The van der Waals surface area contributed by atoms with Gasteiger partial charge >= 0.3 is 11.9 Å². The average Bonchev–Trinajstić information content (AvgIpc) is 2.34. The highest BCUT2D eigenvalue weighted by Gasteiger charge is 2.10. The fraction of sp³-hybridized carbons (Fsp3) is 0.429. The first-order chi connectivity index (χ1) is 5.59. The summed E-state index contributed by atoms with van der Waals surface area (Å²) in [5.41, 5.74) is 0. The molecular weight excluding hydrogens is 160 g/mol. The first kappa shape index (κ1) is 8.73. The lowest BCUT2D eigenvalue weighted by Crippen LogP contribution is -2.09. The molecule has 0 unspecified atom stereocenters. The van der Waals surface area contributed by atoms with Crippen LogP contribution in [0.25, 0.3) is 0 Å². The Kier molecular flexibility index (Phi) is 2.44. The Labute approximate surface area is 69.6 Å². The van der Waals surface area contributed by atoms with Gasteiger partial charge in [-0.15, -0.1) is 0 Å². The highest BCUT2D eigenvalue weighted by molar-refractivity contribution is 5.81. The third-order valence-electron chi connectivity index (χ3n) is 1.21. The van der Waals surface area contributed by atoms with E-state index in [2.05, 4.69) is 4.98 Å². The van der Waals surface area contributed by atoms with E-state index in [-0.39, 0.29) is 5.89 Å². The van der Waals surface area contributed by atoms with Crippen molar-refractivity contribution in [1.82, 2.24) is 9.88 Å². The molecule has 1 aromatic heterocycles. The van der Waals surface area contributed by atoms with Gasteiger partial charge in [-0.05, 0) is 14.1 Å². The van der Waals surface area contributed by atoms with Gasteiger partial charge in [-0.3, -0.25) is 0 Å². The molecule has 0 saturated heterocycles. The predicted molar refractivity (Wildman–Crippen MR) is 40.9 cm³/mol. The average molecular weight is 170 g/mol. The second-order valence-corrected chi connectivity index (χ2v) is 2.67. The molecule has 5 nitrogen and oxygen atoms in total. The summed E-state index contributed by atoms with van der Waals surface area (Å²) in [7, 11) is 3.73. The lowest BCUT2D eigenvalue weighted by atomic mass is 10.5. The summed E-state index contributed by atoms with van der Waals surface area (Å²) in [6.45, 7) is 0.556. The molecule has 0 amide bonds. The van der Waals surface area contributed by atoms with Gasteiger partial charge < -0.3 is 14.4 Å². The summed E-state index contributed by atoms with van der Waals surface area (Å²) in [6, 6.07) is 0. The number of oxazole rings is 1. The molecule has 1 heterocycles. The van der Waals surface area contributed by atoms with Crippen LogP contribution in [0.1, 0.15) is 16.4 Å². The molecule has 0 aliphatic heterocycles. The van der Waals surface area contributed by atoms with Crippen LogP contribution < -0.4 is 0 Å². The van der Waals surface area contributed by atoms with E-state index in [4.69, 9.17) is 9.52 Å². The van der Waals surface area contributed by atoms with Gasteiger partial charge in [-0.1, -0.05) is 0 Å². The SMILES string of the molecule is CN(C)Cc1cnc(C(=O)O)o1. The number of aromatic nitrogens is 1.